The van der Waals surface area contributed by atoms with Crippen LogP contribution in [0.1, 0.15) is 78.7 Å². The average molecular weight is 417 g/mol. The van der Waals surface area contributed by atoms with Crippen LogP contribution in [0.4, 0.5) is 0 Å². The fourth-order valence-electron chi connectivity index (χ4n) is 4.56. The maximum absolute atomic E-state index is 13.4. The van der Waals surface area contributed by atoms with Crippen LogP contribution in [-0.4, -0.2) is 15.6 Å². The summed E-state index contributed by atoms with van der Waals surface area (Å²) >= 11 is 0. The largest absolute Gasteiger partial charge is 0.292 e. The number of hydrogen-bond acceptors (Lipinski definition) is 2. The number of carbonyl (C=O) groups excluding carboxylic acids is 1. The SMILES string of the molecule is CC.Cc1ccc(-c2c(C)c(C(=O)C3CCCCC3)nn2-c2ccc(C)cc2C)cc1. The van der Waals surface area contributed by atoms with Gasteiger partial charge in [0.1, 0.15) is 5.69 Å². The van der Waals surface area contributed by atoms with E-state index in [4.69, 9.17) is 5.10 Å². The van der Waals surface area contributed by atoms with E-state index >= 15 is 0 Å². The van der Waals surface area contributed by atoms with Crippen molar-refractivity contribution in [2.45, 2.75) is 73.6 Å². The number of aromatic nitrogens is 2. The molecule has 0 spiro atoms. The predicted octanol–water partition coefficient (Wildman–Crippen LogP) is 7.56. The molecule has 0 radical (unpaired) electrons. The Bertz CT molecular complexity index is 1040. The molecule has 1 aliphatic carbocycles. The monoisotopic (exact) mass is 416 g/mol. The van der Waals surface area contributed by atoms with Crippen molar-refractivity contribution in [1.29, 1.82) is 0 Å². The van der Waals surface area contributed by atoms with Gasteiger partial charge in [-0.05, 0) is 52.2 Å². The zero-order chi connectivity index (χ0) is 22.5. The summed E-state index contributed by atoms with van der Waals surface area (Å²) in [5.41, 5.74) is 8.42. The zero-order valence-corrected chi connectivity index (χ0v) is 20.0. The lowest BCUT2D eigenvalue weighted by molar-refractivity contribution is 0.0883. The van der Waals surface area contributed by atoms with E-state index in [0.29, 0.717) is 5.69 Å². The number of carbonyl (C=O) groups is 1. The Morgan fingerprint density at radius 3 is 2.10 bits per heavy atom. The summed E-state index contributed by atoms with van der Waals surface area (Å²) in [6, 6.07) is 14.9. The molecule has 0 N–H and O–H groups in total. The fourth-order valence-corrected chi connectivity index (χ4v) is 4.56. The Kier molecular flexibility index (Phi) is 7.48. The standard InChI is InChI=1S/C26H30N2O.C2H6/c1-17-10-13-21(14-11-17)25-20(4)24(26(29)22-8-6-5-7-9-22)27-28(25)23-15-12-18(2)16-19(23)3;1-2/h10-16,22H,5-9H2,1-4H3;1-2H3. The van der Waals surface area contributed by atoms with Crippen LogP contribution in [0, 0.1) is 33.6 Å². The van der Waals surface area contributed by atoms with Gasteiger partial charge in [-0.3, -0.25) is 4.79 Å². The maximum atomic E-state index is 13.4. The summed E-state index contributed by atoms with van der Waals surface area (Å²) < 4.78 is 1.99. The molecule has 2 aromatic carbocycles. The molecule has 0 bridgehead atoms. The van der Waals surface area contributed by atoms with Gasteiger partial charge in [-0.15, -0.1) is 0 Å². The van der Waals surface area contributed by atoms with Crippen molar-refractivity contribution in [3.05, 3.63) is 70.4 Å². The summed E-state index contributed by atoms with van der Waals surface area (Å²) in [6.45, 7) is 12.4. The van der Waals surface area contributed by atoms with Crippen LogP contribution in [0.15, 0.2) is 42.5 Å². The second-order valence-electron chi connectivity index (χ2n) is 8.59. The molecule has 3 nitrogen and oxygen atoms in total. The topological polar surface area (TPSA) is 34.9 Å². The molecule has 0 saturated heterocycles. The highest BCUT2D eigenvalue weighted by atomic mass is 16.1. The molecule has 31 heavy (non-hydrogen) atoms. The van der Waals surface area contributed by atoms with Crippen LogP contribution in [0.3, 0.4) is 0 Å². The van der Waals surface area contributed by atoms with Gasteiger partial charge >= 0.3 is 0 Å². The van der Waals surface area contributed by atoms with Gasteiger partial charge in [-0.25, -0.2) is 4.68 Å². The normalized spacial score (nSPS) is 14.1. The number of benzene rings is 2. The summed E-state index contributed by atoms with van der Waals surface area (Å²) in [7, 11) is 0. The first-order chi connectivity index (χ1) is 15.0. The first-order valence-electron chi connectivity index (χ1n) is 11.7. The van der Waals surface area contributed by atoms with E-state index in [0.717, 1.165) is 53.8 Å². The van der Waals surface area contributed by atoms with E-state index in [2.05, 4.69) is 70.2 Å². The van der Waals surface area contributed by atoms with Crippen LogP contribution in [0.2, 0.25) is 0 Å². The second kappa shape index (κ2) is 10.1. The van der Waals surface area contributed by atoms with E-state index < -0.39 is 0 Å². The highest BCUT2D eigenvalue weighted by Crippen LogP contribution is 2.33. The third-order valence-corrected chi connectivity index (χ3v) is 6.24. The van der Waals surface area contributed by atoms with Crippen molar-refractivity contribution < 1.29 is 4.79 Å². The second-order valence-corrected chi connectivity index (χ2v) is 8.59. The molecule has 1 aliphatic rings. The van der Waals surface area contributed by atoms with Gasteiger partial charge < -0.3 is 0 Å². The predicted molar refractivity (Wildman–Crippen MR) is 130 cm³/mol. The van der Waals surface area contributed by atoms with Gasteiger partial charge in [0.15, 0.2) is 5.78 Å². The number of nitrogens with zero attached hydrogens (tertiary/aromatic N) is 2. The molecule has 1 saturated carbocycles. The van der Waals surface area contributed by atoms with E-state index in [1.807, 2.05) is 18.5 Å². The third kappa shape index (κ3) is 4.81. The van der Waals surface area contributed by atoms with Crippen LogP contribution < -0.4 is 0 Å². The van der Waals surface area contributed by atoms with Crippen molar-refractivity contribution in [3.8, 4) is 16.9 Å². The number of hydrogen-bond donors (Lipinski definition) is 0. The molecule has 0 atom stereocenters. The Morgan fingerprint density at radius 2 is 1.48 bits per heavy atom. The number of ketones is 1. The molecule has 4 rings (SSSR count). The molecule has 0 amide bonds. The van der Waals surface area contributed by atoms with E-state index in [1.54, 1.807) is 0 Å². The summed E-state index contributed by atoms with van der Waals surface area (Å²) in [6.07, 6.45) is 5.54. The molecule has 3 aromatic rings. The minimum atomic E-state index is 0.121. The van der Waals surface area contributed by atoms with Crippen molar-refractivity contribution >= 4 is 5.78 Å². The minimum absolute atomic E-state index is 0.121. The van der Waals surface area contributed by atoms with Crippen molar-refractivity contribution in [1.82, 2.24) is 9.78 Å². The Labute approximate surface area is 187 Å². The van der Waals surface area contributed by atoms with E-state index in [-0.39, 0.29) is 11.7 Å². The fraction of sp³-hybridized carbons (Fsp3) is 0.429. The molecular weight excluding hydrogens is 380 g/mol. The van der Waals surface area contributed by atoms with Crippen LogP contribution in [0.25, 0.3) is 16.9 Å². The first kappa shape index (κ1) is 23.0. The molecule has 1 fully saturated rings. The molecule has 0 aliphatic heterocycles. The van der Waals surface area contributed by atoms with Crippen LogP contribution in [0.5, 0.6) is 0 Å². The smallest absolute Gasteiger partial charge is 0.186 e. The maximum Gasteiger partial charge on any atom is 0.186 e. The molecule has 1 heterocycles. The number of Topliss-reactive ketones (excluding diaryl/α,β-unsaturated/α-hetero) is 1. The van der Waals surface area contributed by atoms with Gasteiger partial charge in [0, 0.05) is 17.0 Å². The lowest BCUT2D eigenvalue weighted by atomic mass is 9.84. The third-order valence-electron chi connectivity index (χ3n) is 6.24. The highest BCUT2D eigenvalue weighted by Gasteiger charge is 2.29. The quantitative estimate of drug-likeness (QED) is 0.411. The van der Waals surface area contributed by atoms with Gasteiger partial charge in [0.2, 0.25) is 0 Å². The molecule has 164 valence electrons. The van der Waals surface area contributed by atoms with Crippen molar-refractivity contribution in [2.24, 2.45) is 5.92 Å². The highest BCUT2D eigenvalue weighted by molar-refractivity contribution is 5.99. The van der Waals surface area contributed by atoms with Gasteiger partial charge in [0.25, 0.3) is 0 Å². The number of aryl methyl sites for hydroxylation is 3. The summed E-state index contributed by atoms with van der Waals surface area (Å²) in [4.78, 5) is 13.4. The molecule has 3 heteroatoms. The molecule has 1 aromatic heterocycles. The summed E-state index contributed by atoms with van der Waals surface area (Å²) in [5, 5.41) is 4.91. The van der Waals surface area contributed by atoms with E-state index in [9.17, 15) is 4.79 Å². The summed E-state index contributed by atoms with van der Waals surface area (Å²) in [5.74, 6) is 0.342. The van der Waals surface area contributed by atoms with Crippen molar-refractivity contribution in [3.63, 3.8) is 0 Å². The zero-order valence-electron chi connectivity index (χ0n) is 20.0. The van der Waals surface area contributed by atoms with Crippen molar-refractivity contribution in [2.75, 3.05) is 0 Å². The van der Waals surface area contributed by atoms with Gasteiger partial charge in [-0.2, -0.15) is 5.10 Å². The molecular formula is C28H36N2O. The van der Waals surface area contributed by atoms with Gasteiger partial charge in [0.05, 0.1) is 11.4 Å². The Hall–Kier alpha value is -2.68. The first-order valence-corrected chi connectivity index (χ1v) is 11.7. The minimum Gasteiger partial charge on any atom is -0.292 e. The van der Waals surface area contributed by atoms with Crippen LogP contribution >= 0.6 is 0 Å². The Morgan fingerprint density at radius 1 is 0.871 bits per heavy atom. The lowest BCUT2D eigenvalue weighted by Crippen LogP contribution is -2.19. The number of rotatable bonds is 4. The molecule has 0 unspecified atom stereocenters. The lowest BCUT2D eigenvalue weighted by Gasteiger charge is -2.19. The van der Waals surface area contributed by atoms with E-state index in [1.165, 1.54) is 17.5 Å². The Balaban J connectivity index is 0.00000132. The average Bonchev–Trinajstić information content (AvgIpc) is 3.12. The van der Waals surface area contributed by atoms with Gasteiger partial charge in [-0.1, -0.05) is 80.6 Å². The van der Waals surface area contributed by atoms with Crippen LogP contribution in [-0.2, 0) is 0 Å².